The second-order valence-corrected chi connectivity index (χ2v) is 6.71. The molecule has 28 heavy (non-hydrogen) atoms. The first-order chi connectivity index (χ1) is 12.8. The lowest BCUT2D eigenvalue weighted by Gasteiger charge is -2.20. The molecule has 0 bridgehead atoms. The molecule has 1 aliphatic heterocycles. The second kappa shape index (κ2) is 10.3. The molecule has 1 amide bonds. The summed E-state index contributed by atoms with van der Waals surface area (Å²) in [6.45, 7) is 2.17. The van der Waals surface area contributed by atoms with Crippen LogP contribution in [0, 0.1) is 0 Å². The van der Waals surface area contributed by atoms with Crippen molar-refractivity contribution in [3.05, 3.63) is 48.1 Å². The van der Waals surface area contributed by atoms with Gasteiger partial charge >= 0.3 is 0 Å². The number of hydrogen-bond donors (Lipinski definition) is 2. The maximum atomic E-state index is 12.2. The Bertz CT molecular complexity index is 891. The van der Waals surface area contributed by atoms with E-state index >= 15 is 0 Å². The lowest BCUT2D eigenvalue weighted by Crippen LogP contribution is -2.32. The normalized spacial score (nSPS) is 13.9. The molecule has 0 aromatic carbocycles. The highest BCUT2D eigenvalue weighted by molar-refractivity contribution is 7.13. The third-order valence-corrected chi connectivity index (χ3v) is 4.84. The molecule has 1 saturated heterocycles. The van der Waals surface area contributed by atoms with Gasteiger partial charge in [-0.2, -0.15) is 0 Å². The lowest BCUT2D eigenvalue weighted by molar-refractivity contribution is -0.118. The molecule has 10 heteroatoms. The van der Waals surface area contributed by atoms with E-state index in [0.717, 1.165) is 29.5 Å². The van der Waals surface area contributed by atoms with Crippen LogP contribution in [0.4, 0.5) is 17.3 Å². The number of nitrogens with zero attached hydrogens (tertiary/aromatic N) is 4. The molecule has 0 atom stereocenters. The maximum Gasteiger partial charge on any atom is 0.228 e. The number of amides is 1. The highest BCUT2D eigenvalue weighted by atomic mass is 35.5. The van der Waals surface area contributed by atoms with E-state index in [9.17, 15) is 4.79 Å². The van der Waals surface area contributed by atoms with Gasteiger partial charge in [0.25, 0.3) is 0 Å². The third kappa shape index (κ3) is 5.17. The zero-order valence-corrected chi connectivity index (χ0v) is 17.3. The Kier molecular flexibility index (Phi) is 8.13. The van der Waals surface area contributed by atoms with E-state index < -0.39 is 0 Å². The second-order valence-electron chi connectivity index (χ2n) is 5.82. The highest BCUT2D eigenvalue weighted by Gasteiger charge is 2.18. The monoisotopic (exact) mass is 438 g/mol. The number of rotatable bonds is 4. The van der Waals surface area contributed by atoms with Gasteiger partial charge in [0.15, 0.2) is 0 Å². The first-order valence-corrected chi connectivity index (χ1v) is 9.29. The van der Waals surface area contributed by atoms with Gasteiger partial charge in [0, 0.05) is 37.6 Å². The number of hydrogen-bond acceptors (Lipinski definition) is 7. The summed E-state index contributed by atoms with van der Waals surface area (Å²) in [6.07, 6.45) is 3.99. The van der Waals surface area contributed by atoms with Gasteiger partial charge in [0.1, 0.15) is 22.3 Å². The van der Waals surface area contributed by atoms with Crippen LogP contribution in [0.2, 0.25) is 0 Å². The Morgan fingerprint density at radius 2 is 1.96 bits per heavy atom. The predicted molar refractivity (Wildman–Crippen MR) is 117 cm³/mol. The first kappa shape index (κ1) is 22.0. The van der Waals surface area contributed by atoms with Crippen molar-refractivity contribution in [1.29, 1.82) is 0 Å². The minimum absolute atomic E-state index is 0. The fraction of sp³-hybridized carbons (Fsp3) is 0.222. The largest absolute Gasteiger partial charge is 0.325 e. The summed E-state index contributed by atoms with van der Waals surface area (Å²) in [5, 5.41) is 9.24. The number of anilines is 3. The van der Waals surface area contributed by atoms with Crippen molar-refractivity contribution in [3.63, 3.8) is 0 Å². The standard InChI is InChI=1S/C18H18N6OS.2ClH/c25-17-6-7-19-8-10-24(17)13-4-5-15(21-12-13)23-16-3-1-2-14(22-16)18-20-9-11-26-18;;/h1-5,9,11-12,19H,6-8,10H2,(H,21,22,23);2*1H. The average Bonchev–Trinajstić information content (AvgIpc) is 3.12. The molecule has 1 aliphatic rings. The summed E-state index contributed by atoms with van der Waals surface area (Å²) in [5.41, 5.74) is 1.64. The van der Waals surface area contributed by atoms with Crippen LogP contribution in [0.25, 0.3) is 10.7 Å². The summed E-state index contributed by atoms with van der Waals surface area (Å²) < 4.78 is 0. The minimum Gasteiger partial charge on any atom is -0.325 e. The van der Waals surface area contributed by atoms with Crippen LogP contribution in [0.3, 0.4) is 0 Å². The minimum atomic E-state index is 0. The SMILES string of the molecule is Cl.Cl.O=C1CCNCCN1c1ccc(Nc2cccc(-c3nccs3)n2)nc1. The Balaban J connectivity index is 0.00000140. The molecule has 0 spiro atoms. The zero-order chi connectivity index (χ0) is 17.8. The van der Waals surface area contributed by atoms with E-state index in [-0.39, 0.29) is 30.7 Å². The van der Waals surface area contributed by atoms with Crippen LogP contribution in [0.5, 0.6) is 0 Å². The summed E-state index contributed by atoms with van der Waals surface area (Å²) in [6, 6.07) is 9.52. The van der Waals surface area contributed by atoms with Crippen LogP contribution >= 0.6 is 36.2 Å². The van der Waals surface area contributed by atoms with Gasteiger partial charge in [-0.05, 0) is 24.3 Å². The van der Waals surface area contributed by atoms with Crippen molar-refractivity contribution in [2.24, 2.45) is 0 Å². The van der Waals surface area contributed by atoms with Gasteiger partial charge in [-0.1, -0.05) is 6.07 Å². The summed E-state index contributed by atoms with van der Waals surface area (Å²) in [7, 11) is 0. The van der Waals surface area contributed by atoms with Crippen LogP contribution in [0.1, 0.15) is 6.42 Å². The van der Waals surface area contributed by atoms with Crippen molar-refractivity contribution >= 4 is 59.4 Å². The topological polar surface area (TPSA) is 83.0 Å². The zero-order valence-electron chi connectivity index (χ0n) is 14.9. The van der Waals surface area contributed by atoms with Crippen LogP contribution in [-0.2, 0) is 4.79 Å². The lowest BCUT2D eigenvalue weighted by atomic mass is 10.3. The molecular formula is C18H20Cl2N6OS. The molecule has 2 N–H and O–H groups in total. The molecule has 148 valence electrons. The Hall–Kier alpha value is -2.26. The molecule has 0 saturated carbocycles. The molecular weight excluding hydrogens is 419 g/mol. The maximum absolute atomic E-state index is 12.2. The summed E-state index contributed by atoms with van der Waals surface area (Å²) in [4.78, 5) is 27.2. The van der Waals surface area contributed by atoms with E-state index in [1.807, 2.05) is 35.7 Å². The molecule has 3 aromatic rings. The number of halogens is 2. The first-order valence-electron chi connectivity index (χ1n) is 8.41. The Morgan fingerprint density at radius 1 is 1.07 bits per heavy atom. The number of carbonyl (C=O) groups excluding carboxylic acids is 1. The summed E-state index contributed by atoms with van der Waals surface area (Å²) in [5.74, 6) is 1.50. The van der Waals surface area contributed by atoms with Gasteiger partial charge in [0.2, 0.25) is 5.91 Å². The van der Waals surface area contributed by atoms with E-state index in [4.69, 9.17) is 0 Å². The van der Waals surface area contributed by atoms with E-state index in [1.165, 1.54) is 0 Å². The van der Waals surface area contributed by atoms with Crippen molar-refractivity contribution in [3.8, 4) is 10.7 Å². The fourth-order valence-electron chi connectivity index (χ4n) is 2.77. The number of pyridine rings is 2. The predicted octanol–water partition coefficient (Wildman–Crippen LogP) is 3.51. The van der Waals surface area contributed by atoms with Gasteiger partial charge in [-0.3, -0.25) is 4.79 Å². The molecule has 4 rings (SSSR count). The quantitative estimate of drug-likeness (QED) is 0.648. The van der Waals surface area contributed by atoms with Gasteiger partial charge in [0.05, 0.1) is 11.9 Å². The van der Waals surface area contributed by atoms with Crippen molar-refractivity contribution in [1.82, 2.24) is 20.3 Å². The molecule has 1 fully saturated rings. The summed E-state index contributed by atoms with van der Waals surface area (Å²) >= 11 is 1.55. The van der Waals surface area contributed by atoms with E-state index in [2.05, 4.69) is 25.6 Å². The number of carbonyl (C=O) groups is 1. The molecule has 0 unspecified atom stereocenters. The van der Waals surface area contributed by atoms with E-state index in [1.54, 1.807) is 28.6 Å². The third-order valence-electron chi connectivity index (χ3n) is 4.05. The number of thiazole rings is 1. The van der Waals surface area contributed by atoms with Crippen molar-refractivity contribution in [2.75, 3.05) is 29.9 Å². The highest BCUT2D eigenvalue weighted by Crippen LogP contribution is 2.23. The molecule has 0 aliphatic carbocycles. The molecule has 0 radical (unpaired) electrons. The van der Waals surface area contributed by atoms with Gasteiger partial charge < -0.3 is 15.5 Å². The van der Waals surface area contributed by atoms with Crippen molar-refractivity contribution < 1.29 is 4.79 Å². The molecule has 7 nitrogen and oxygen atoms in total. The fourth-order valence-corrected chi connectivity index (χ4v) is 3.37. The van der Waals surface area contributed by atoms with Gasteiger partial charge in [-0.25, -0.2) is 15.0 Å². The molecule has 3 aromatic heterocycles. The van der Waals surface area contributed by atoms with Gasteiger partial charge in [-0.15, -0.1) is 36.2 Å². The van der Waals surface area contributed by atoms with Crippen LogP contribution < -0.4 is 15.5 Å². The average molecular weight is 439 g/mol. The number of nitrogens with one attached hydrogen (secondary N) is 2. The Labute approximate surface area is 179 Å². The van der Waals surface area contributed by atoms with E-state index in [0.29, 0.717) is 24.6 Å². The molecule has 4 heterocycles. The van der Waals surface area contributed by atoms with Crippen LogP contribution in [0.15, 0.2) is 48.1 Å². The van der Waals surface area contributed by atoms with Crippen LogP contribution in [-0.4, -0.2) is 40.5 Å². The number of aromatic nitrogens is 3. The van der Waals surface area contributed by atoms with Crippen molar-refractivity contribution in [2.45, 2.75) is 6.42 Å². The smallest absolute Gasteiger partial charge is 0.228 e. The Morgan fingerprint density at radius 3 is 2.71 bits per heavy atom.